The average Bonchev–Trinajstić information content (AvgIpc) is 2.27. The van der Waals surface area contributed by atoms with Gasteiger partial charge in [-0.2, -0.15) is 0 Å². The number of unbranched alkanes of at least 4 members (excludes halogenated alkanes) is 2. The molecule has 0 N–H and O–H groups in total. The van der Waals surface area contributed by atoms with E-state index in [9.17, 15) is 0 Å². The molecule has 1 atom stereocenters. The molecule has 0 bridgehead atoms. The molecule has 0 radical (unpaired) electrons. The maximum absolute atomic E-state index is 2.73. The van der Waals surface area contributed by atoms with Crippen LogP contribution >= 0.6 is 0 Å². The van der Waals surface area contributed by atoms with E-state index in [1.165, 1.54) is 58.0 Å². The Kier molecular flexibility index (Phi) is 10.4. The molecular weight excluding hydrogens is 182 g/mol. The van der Waals surface area contributed by atoms with Crippen molar-refractivity contribution >= 4 is 0 Å². The first kappa shape index (κ1) is 15.0. The molecule has 0 aromatic heterocycles. The van der Waals surface area contributed by atoms with Crippen LogP contribution in [0, 0.1) is 0 Å². The van der Waals surface area contributed by atoms with Gasteiger partial charge in [0.05, 0.1) is 0 Å². The Morgan fingerprint density at radius 1 is 0.800 bits per heavy atom. The number of hydrogen-bond acceptors (Lipinski definition) is 1. The van der Waals surface area contributed by atoms with Gasteiger partial charge in [-0.25, -0.2) is 0 Å². The van der Waals surface area contributed by atoms with E-state index in [0.717, 1.165) is 6.04 Å². The van der Waals surface area contributed by atoms with Gasteiger partial charge >= 0.3 is 0 Å². The summed E-state index contributed by atoms with van der Waals surface area (Å²) in [5, 5.41) is 0. The van der Waals surface area contributed by atoms with Gasteiger partial charge in [-0.3, -0.25) is 0 Å². The fraction of sp³-hybridized carbons (Fsp3) is 1.00. The van der Waals surface area contributed by atoms with Crippen molar-refractivity contribution in [2.75, 3.05) is 13.1 Å². The van der Waals surface area contributed by atoms with E-state index in [1.807, 2.05) is 0 Å². The molecule has 0 rings (SSSR count). The first-order valence-corrected chi connectivity index (χ1v) is 7.04. The van der Waals surface area contributed by atoms with Crippen molar-refractivity contribution in [2.24, 2.45) is 0 Å². The van der Waals surface area contributed by atoms with Gasteiger partial charge < -0.3 is 4.90 Å². The van der Waals surface area contributed by atoms with Gasteiger partial charge in [0.1, 0.15) is 0 Å². The summed E-state index contributed by atoms with van der Waals surface area (Å²) in [5.41, 5.74) is 0. The standard InChI is InChI=1S/C14H31N/c1-5-9-12-15(13-10-6-2)14(8-4)11-7-3/h14H,5-13H2,1-4H3. The van der Waals surface area contributed by atoms with Crippen LogP contribution < -0.4 is 0 Å². The number of hydrogen-bond donors (Lipinski definition) is 0. The molecule has 0 aliphatic rings. The third kappa shape index (κ3) is 6.94. The first-order chi connectivity index (χ1) is 7.29. The molecule has 1 unspecified atom stereocenters. The molecule has 0 saturated heterocycles. The van der Waals surface area contributed by atoms with Crippen molar-refractivity contribution in [1.29, 1.82) is 0 Å². The topological polar surface area (TPSA) is 3.24 Å². The fourth-order valence-electron chi connectivity index (χ4n) is 2.18. The van der Waals surface area contributed by atoms with E-state index in [4.69, 9.17) is 0 Å². The van der Waals surface area contributed by atoms with E-state index in [1.54, 1.807) is 0 Å². The summed E-state index contributed by atoms with van der Waals surface area (Å²) in [7, 11) is 0. The van der Waals surface area contributed by atoms with Crippen molar-refractivity contribution in [3.8, 4) is 0 Å². The van der Waals surface area contributed by atoms with E-state index >= 15 is 0 Å². The lowest BCUT2D eigenvalue weighted by Gasteiger charge is -2.31. The van der Waals surface area contributed by atoms with Gasteiger partial charge in [0, 0.05) is 6.04 Å². The van der Waals surface area contributed by atoms with Crippen LogP contribution in [0.3, 0.4) is 0 Å². The summed E-state index contributed by atoms with van der Waals surface area (Å²) in [4.78, 5) is 2.73. The summed E-state index contributed by atoms with van der Waals surface area (Å²) in [6, 6.07) is 0.841. The Labute approximate surface area is 97.2 Å². The lowest BCUT2D eigenvalue weighted by atomic mass is 10.1. The van der Waals surface area contributed by atoms with Crippen LogP contribution in [0.5, 0.6) is 0 Å². The maximum atomic E-state index is 2.73. The van der Waals surface area contributed by atoms with E-state index in [2.05, 4.69) is 32.6 Å². The zero-order valence-electron chi connectivity index (χ0n) is 11.4. The van der Waals surface area contributed by atoms with Crippen molar-refractivity contribution in [1.82, 2.24) is 4.90 Å². The largest absolute Gasteiger partial charge is 0.300 e. The minimum Gasteiger partial charge on any atom is -0.300 e. The summed E-state index contributed by atoms with van der Waals surface area (Å²) in [6.07, 6.45) is 9.41. The van der Waals surface area contributed by atoms with Crippen LogP contribution in [0.4, 0.5) is 0 Å². The zero-order valence-corrected chi connectivity index (χ0v) is 11.4. The molecule has 0 aliphatic carbocycles. The van der Waals surface area contributed by atoms with E-state index < -0.39 is 0 Å². The highest BCUT2D eigenvalue weighted by Crippen LogP contribution is 2.13. The van der Waals surface area contributed by atoms with Gasteiger partial charge in [0.2, 0.25) is 0 Å². The molecule has 1 heteroatoms. The second-order valence-electron chi connectivity index (χ2n) is 4.59. The molecule has 1 nitrogen and oxygen atoms in total. The number of rotatable bonds is 10. The lowest BCUT2D eigenvalue weighted by molar-refractivity contribution is 0.175. The van der Waals surface area contributed by atoms with Crippen molar-refractivity contribution < 1.29 is 0 Å². The molecule has 0 heterocycles. The van der Waals surface area contributed by atoms with Gasteiger partial charge in [-0.05, 0) is 38.8 Å². The third-order valence-electron chi connectivity index (χ3n) is 3.21. The van der Waals surface area contributed by atoms with E-state index in [-0.39, 0.29) is 0 Å². The summed E-state index contributed by atoms with van der Waals surface area (Å²) >= 11 is 0. The molecule has 0 aliphatic heterocycles. The van der Waals surface area contributed by atoms with E-state index in [0.29, 0.717) is 0 Å². The lowest BCUT2D eigenvalue weighted by Crippen LogP contribution is -2.36. The van der Waals surface area contributed by atoms with Crippen molar-refractivity contribution in [3.63, 3.8) is 0 Å². The minimum atomic E-state index is 0.841. The highest BCUT2D eigenvalue weighted by Gasteiger charge is 2.14. The quantitative estimate of drug-likeness (QED) is 0.517. The molecule has 15 heavy (non-hydrogen) atoms. The average molecular weight is 213 g/mol. The molecular formula is C14H31N. The monoisotopic (exact) mass is 213 g/mol. The molecule has 0 fully saturated rings. The van der Waals surface area contributed by atoms with Gasteiger partial charge in [0.25, 0.3) is 0 Å². The highest BCUT2D eigenvalue weighted by molar-refractivity contribution is 4.70. The van der Waals surface area contributed by atoms with Gasteiger partial charge in [0.15, 0.2) is 0 Å². The zero-order chi connectivity index (χ0) is 11.5. The van der Waals surface area contributed by atoms with Crippen LogP contribution in [0.2, 0.25) is 0 Å². The Morgan fingerprint density at radius 3 is 1.67 bits per heavy atom. The fourth-order valence-corrected chi connectivity index (χ4v) is 2.18. The molecule has 0 spiro atoms. The Morgan fingerprint density at radius 2 is 1.33 bits per heavy atom. The molecule has 92 valence electrons. The predicted molar refractivity (Wildman–Crippen MR) is 70.4 cm³/mol. The molecule has 0 saturated carbocycles. The van der Waals surface area contributed by atoms with Gasteiger partial charge in [-0.15, -0.1) is 0 Å². The summed E-state index contributed by atoms with van der Waals surface area (Å²) < 4.78 is 0. The molecule has 0 aromatic rings. The summed E-state index contributed by atoms with van der Waals surface area (Å²) in [5.74, 6) is 0. The smallest absolute Gasteiger partial charge is 0.00925 e. The van der Waals surface area contributed by atoms with Crippen molar-refractivity contribution in [3.05, 3.63) is 0 Å². The summed E-state index contributed by atoms with van der Waals surface area (Å²) in [6.45, 7) is 11.9. The van der Waals surface area contributed by atoms with Gasteiger partial charge in [-0.1, -0.05) is 47.0 Å². The normalized spacial score (nSPS) is 13.4. The van der Waals surface area contributed by atoms with Crippen LogP contribution in [-0.4, -0.2) is 24.0 Å². The SMILES string of the molecule is CCCCN(CCCC)C(CC)CCC. The molecule has 0 amide bonds. The Hall–Kier alpha value is -0.0400. The first-order valence-electron chi connectivity index (χ1n) is 7.04. The highest BCUT2D eigenvalue weighted by atomic mass is 15.1. The van der Waals surface area contributed by atoms with Crippen molar-refractivity contribution in [2.45, 2.75) is 78.7 Å². The molecule has 0 aromatic carbocycles. The minimum absolute atomic E-state index is 0.841. The van der Waals surface area contributed by atoms with Crippen LogP contribution in [0.15, 0.2) is 0 Å². The number of nitrogens with zero attached hydrogens (tertiary/aromatic N) is 1. The van der Waals surface area contributed by atoms with Crippen LogP contribution in [0.25, 0.3) is 0 Å². The second-order valence-corrected chi connectivity index (χ2v) is 4.59. The Balaban J connectivity index is 4.02. The third-order valence-corrected chi connectivity index (χ3v) is 3.21. The predicted octanol–water partition coefficient (Wildman–Crippen LogP) is 4.47. The second kappa shape index (κ2) is 10.5. The maximum Gasteiger partial charge on any atom is 0.00925 e. The Bertz CT molecular complexity index is 115. The van der Waals surface area contributed by atoms with Crippen LogP contribution in [0.1, 0.15) is 72.6 Å². The van der Waals surface area contributed by atoms with Crippen LogP contribution in [-0.2, 0) is 0 Å².